The highest BCUT2D eigenvalue weighted by Gasteiger charge is 2.22. The zero-order chi connectivity index (χ0) is 10.8. The van der Waals surface area contributed by atoms with Gasteiger partial charge in [-0.25, -0.2) is 10.2 Å². The van der Waals surface area contributed by atoms with Crippen molar-refractivity contribution in [2.24, 2.45) is 0 Å². The van der Waals surface area contributed by atoms with Crippen molar-refractivity contribution in [1.82, 2.24) is 20.4 Å². The smallest absolute Gasteiger partial charge is 0.284 e. The summed E-state index contributed by atoms with van der Waals surface area (Å²) in [5, 5.41) is 13.0. The molecule has 0 aliphatic rings. The van der Waals surface area contributed by atoms with Gasteiger partial charge in [-0.05, 0) is 30.9 Å². The summed E-state index contributed by atoms with van der Waals surface area (Å²) < 4.78 is 10.4. The Morgan fingerprint density at radius 1 is 1.13 bits per heavy atom. The van der Waals surface area contributed by atoms with Crippen molar-refractivity contribution in [3.8, 4) is 0 Å². The van der Waals surface area contributed by atoms with Gasteiger partial charge in [0.15, 0.2) is 0 Å². The van der Waals surface area contributed by atoms with Crippen LogP contribution >= 0.6 is 24.4 Å². The fraction of sp³-hybridized carbons (Fsp3) is 0.429. The normalized spacial score (nSPS) is 11.1. The molecule has 6 nitrogen and oxygen atoms in total. The molecule has 2 N–H and O–H groups in total. The highest BCUT2D eigenvalue weighted by atomic mass is 32.1. The monoisotopic (exact) mass is 244 g/mol. The van der Waals surface area contributed by atoms with Crippen LogP contribution in [0.3, 0.4) is 0 Å². The molecule has 0 spiro atoms. The fourth-order valence-electron chi connectivity index (χ4n) is 1.24. The molecule has 80 valence electrons. The van der Waals surface area contributed by atoms with Crippen LogP contribution < -0.4 is 0 Å². The molecule has 8 heteroatoms. The van der Waals surface area contributed by atoms with Gasteiger partial charge in [0.2, 0.25) is 11.8 Å². The predicted octanol–water partition coefficient (Wildman–Crippen LogP) is 2.32. The zero-order valence-electron chi connectivity index (χ0n) is 7.81. The summed E-state index contributed by atoms with van der Waals surface area (Å²) in [4.78, 5) is 0.468. The Morgan fingerprint density at radius 2 is 1.60 bits per heavy atom. The molecule has 0 aliphatic heterocycles. The maximum Gasteiger partial charge on any atom is 0.284 e. The second-order valence-electron chi connectivity index (χ2n) is 2.86. The van der Waals surface area contributed by atoms with E-state index in [9.17, 15) is 0 Å². The molecule has 2 rings (SSSR count). The Labute approximate surface area is 94.7 Å². The van der Waals surface area contributed by atoms with Crippen molar-refractivity contribution in [3.05, 3.63) is 21.5 Å². The van der Waals surface area contributed by atoms with Crippen molar-refractivity contribution in [1.29, 1.82) is 0 Å². The van der Waals surface area contributed by atoms with Crippen molar-refractivity contribution in [2.45, 2.75) is 19.3 Å². The molecular formula is C7H8N4O2S2. The SMILES string of the molecule is CCC(c1n[nH]c(=S)o1)c1n[nH]c(=S)o1. The molecular weight excluding hydrogens is 236 g/mol. The van der Waals surface area contributed by atoms with Crippen LogP contribution in [0.15, 0.2) is 8.83 Å². The van der Waals surface area contributed by atoms with Crippen LogP contribution in [0, 0.1) is 9.67 Å². The second kappa shape index (κ2) is 4.07. The third-order valence-corrected chi connectivity index (χ3v) is 2.26. The topological polar surface area (TPSA) is 83.6 Å². The van der Waals surface area contributed by atoms with Crippen LogP contribution in [0.5, 0.6) is 0 Å². The van der Waals surface area contributed by atoms with E-state index in [0.717, 1.165) is 6.42 Å². The summed E-state index contributed by atoms with van der Waals surface area (Å²) in [6, 6.07) is 0. The number of nitrogens with zero attached hydrogens (tertiary/aromatic N) is 2. The molecule has 0 atom stereocenters. The quantitative estimate of drug-likeness (QED) is 0.806. The first-order valence-electron chi connectivity index (χ1n) is 4.31. The van der Waals surface area contributed by atoms with Gasteiger partial charge in [-0.3, -0.25) is 0 Å². The molecule has 15 heavy (non-hydrogen) atoms. The minimum Gasteiger partial charge on any atom is -0.413 e. The summed E-state index contributed by atoms with van der Waals surface area (Å²) >= 11 is 9.58. The Bertz CT molecular complexity index is 503. The first kappa shape index (κ1) is 10.2. The van der Waals surface area contributed by atoms with E-state index in [1.54, 1.807) is 0 Å². The van der Waals surface area contributed by atoms with E-state index in [0.29, 0.717) is 11.8 Å². The van der Waals surface area contributed by atoms with Gasteiger partial charge in [-0.1, -0.05) is 6.92 Å². The van der Waals surface area contributed by atoms with E-state index in [1.807, 2.05) is 6.92 Å². The highest BCUT2D eigenvalue weighted by Crippen LogP contribution is 2.24. The lowest BCUT2D eigenvalue weighted by atomic mass is 10.1. The molecule has 2 aromatic heterocycles. The Kier molecular flexibility index (Phi) is 2.78. The van der Waals surface area contributed by atoms with Crippen LogP contribution in [0.25, 0.3) is 0 Å². The molecule has 0 fully saturated rings. The van der Waals surface area contributed by atoms with E-state index < -0.39 is 0 Å². The molecule has 0 saturated carbocycles. The summed E-state index contributed by atoms with van der Waals surface area (Å²) in [6.45, 7) is 1.96. The lowest BCUT2D eigenvalue weighted by molar-refractivity contribution is 0.392. The second-order valence-corrected chi connectivity index (χ2v) is 3.61. The van der Waals surface area contributed by atoms with E-state index in [-0.39, 0.29) is 15.6 Å². The minimum atomic E-state index is -0.175. The molecule has 0 amide bonds. The number of hydrogen-bond donors (Lipinski definition) is 2. The Hall–Kier alpha value is -1.28. The van der Waals surface area contributed by atoms with Gasteiger partial charge in [-0.15, -0.1) is 10.2 Å². The number of H-pyrrole nitrogens is 2. The van der Waals surface area contributed by atoms with Gasteiger partial charge >= 0.3 is 0 Å². The lowest BCUT2D eigenvalue weighted by Gasteiger charge is -2.03. The number of nitrogens with one attached hydrogen (secondary N) is 2. The third kappa shape index (κ3) is 2.05. The molecule has 0 bridgehead atoms. The van der Waals surface area contributed by atoms with Crippen molar-refractivity contribution in [3.63, 3.8) is 0 Å². The number of aromatic amines is 2. The number of hydrogen-bond acceptors (Lipinski definition) is 6. The molecule has 0 aromatic carbocycles. The Morgan fingerprint density at radius 3 is 1.87 bits per heavy atom. The van der Waals surface area contributed by atoms with Crippen LogP contribution in [0.2, 0.25) is 0 Å². The van der Waals surface area contributed by atoms with Gasteiger partial charge in [-0.2, -0.15) is 0 Å². The zero-order valence-corrected chi connectivity index (χ0v) is 9.44. The van der Waals surface area contributed by atoms with Crippen LogP contribution in [0.4, 0.5) is 0 Å². The summed E-state index contributed by atoms with van der Waals surface area (Å²) in [5.74, 6) is 0.728. The molecule has 2 aromatic rings. The van der Waals surface area contributed by atoms with Gasteiger partial charge in [0.25, 0.3) is 9.67 Å². The third-order valence-electron chi connectivity index (χ3n) is 1.91. The van der Waals surface area contributed by atoms with Gasteiger partial charge in [0.1, 0.15) is 5.92 Å². The minimum absolute atomic E-state index is 0.175. The van der Waals surface area contributed by atoms with Crippen molar-refractivity contribution >= 4 is 24.4 Å². The molecule has 0 aliphatic carbocycles. The van der Waals surface area contributed by atoms with Gasteiger partial charge in [0.05, 0.1) is 0 Å². The van der Waals surface area contributed by atoms with E-state index in [1.165, 1.54) is 0 Å². The number of rotatable bonds is 3. The average Bonchev–Trinajstić information content (AvgIpc) is 2.78. The summed E-state index contributed by atoms with van der Waals surface area (Å²) in [5.41, 5.74) is 0. The van der Waals surface area contributed by atoms with E-state index >= 15 is 0 Å². The summed E-state index contributed by atoms with van der Waals surface area (Å²) in [6.07, 6.45) is 0.728. The van der Waals surface area contributed by atoms with Crippen LogP contribution in [0.1, 0.15) is 31.0 Å². The first-order valence-corrected chi connectivity index (χ1v) is 5.13. The summed E-state index contributed by atoms with van der Waals surface area (Å²) in [7, 11) is 0. The van der Waals surface area contributed by atoms with Crippen LogP contribution in [-0.4, -0.2) is 20.4 Å². The Balaban J connectivity index is 2.40. The largest absolute Gasteiger partial charge is 0.413 e. The van der Waals surface area contributed by atoms with Gasteiger partial charge < -0.3 is 8.83 Å². The van der Waals surface area contributed by atoms with Crippen molar-refractivity contribution < 1.29 is 8.83 Å². The maximum atomic E-state index is 5.20. The lowest BCUT2D eigenvalue weighted by Crippen LogP contribution is -2.00. The average molecular weight is 244 g/mol. The maximum absolute atomic E-state index is 5.20. The first-order chi connectivity index (χ1) is 7.20. The standard InChI is InChI=1S/C7H8N4O2S2/c1-2-3(4-8-10-6(14)12-4)5-9-11-7(15)13-5/h3H,2H2,1H3,(H,10,14)(H,11,15). The molecule has 0 saturated heterocycles. The van der Waals surface area contributed by atoms with Crippen molar-refractivity contribution in [2.75, 3.05) is 0 Å². The van der Waals surface area contributed by atoms with Crippen LogP contribution in [-0.2, 0) is 0 Å². The number of aromatic nitrogens is 4. The predicted molar refractivity (Wildman–Crippen MR) is 55.5 cm³/mol. The van der Waals surface area contributed by atoms with E-state index in [2.05, 4.69) is 20.4 Å². The molecule has 0 unspecified atom stereocenters. The van der Waals surface area contributed by atoms with Gasteiger partial charge in [0, 0.05) is 0 Å². The molecule has 0 radical (unpaired) electrons. The highest BCUT2D eigenvalue weighted by molar-refractivity contribution is 7.71. The fourth-order valence-corrected chi connectivity index (χ4v) is 1.50. The van der Waals surface area contributed by atoms with E-state index in [4.69, 9.17) is 33.3 Å². The molecule has 2 heterocycles.